The Hall–Kier alpha value is -0.610. The molecule has 1 aromatic heterocycles. The molecule has 0 aromatic carbocycles. The Balaban J connectivity index is 2.09. The minimum absolute atomic E-state index is 0.0636. The van der Waals surface area contributed by atoms with Gasteiger partial charge in [0.1, 0.15) is 0 Å². The normalized spacial score (nSPS) is 25.9. The summed E-state index contributed by atoms with van der Waals surface area (Å²) in [6.07, 6.45) is 3.92. The summed E-state index contributed by atoms with van der Waals surface area (Å²) in [5, 5.41) is 0. The molecule has 1 aliphatic carbocycles. The zero-order valence-corrected chi connectivity index (χ0v) is 9.40. The first-order chi connectivity index (χ1) is 6.65. The average molecular weight is 257 g/mol. The molecule has 0 atom stereocenters. The highest BCUT2D eigenvalue weighted by Crippen LogP contribution is 2.26. The molecule has 4 heteroatoms. The van der Waals surface area contributed by atoms with Crippen LogP contribution >= 0.6 is 15.9 Å². The van der Waals surface area contributed by atoms with E-state index in [-0.39, 0.29) is 5.56 Å². The van der Waals surface area contributed by atoms with Crippen molar-refractivity contribution in [2.24, 2.45) is 11.7 Å². The third-order valence-corrected chi connectivity index (χ3v) is 3.14. The van der Waals surface area contributed by atoms with Gasteiger partial charge in [-0.15, -0.1) is 0 Å². The fourth-order valence-electron chi connectivity index (χ4n) is 1.86. The van der Waals surface area contributed by atoms with Gasteiger partial charge >= 0.3 is 0 Å². The Labute approximate surface area is 91.0 Å². The van der Waals surface area contributed by atoms with Crippen molar-refractivity contribution in [1.29, 1.82) is 0 Å². The van der Waals surface area contributed by atoms with Crippen LogP contribution < -0.4 is 11.3 Å². The molecule has 1 heterocycles. The van der Waals surface area contributed by atoms with Gasteiger partial charge in [-0.05, 0) is 40.8 Å². The molecular weight excluding hydrogens is 244 g/mol. The maximum Gasteiger partial charge on any atom is 0.250 e. The largest absolute Gasteiger partial charge is 0.328 e. The summed E-state index contributed by atoms with van der Waals surface area (Å²) in [5.41, 5.74) is 5.76. The first kappa shape index (κ1) is 9.93. The van der Waals surface area contributed by atoms with E-state index in [1.54, 1.807) is 16.7 Å². The standard InChI is InChI=1S/C10H13BrN2O/c11-8-1-2-10(14)13(6-8)5-7-3-9(12)4-7/h1-2,6-7,9H,3-5,12H2. The molecule has 2 rings (SSSR count). The highest BCUT2D eigenvalue weighted by Gasteiger charge is 2.26. The van der Waals surface area contributed by atoms with Gasteiger partial charge in [0.25, 0.3) is 5.56 Å². The van der Waals surface area contributed by atoms with Crippen molar-refractivity contribution in [3.8, 4) is 0 Å². The molecule has 0 bridgehead atoms. The van der Waals surface area contributed by atoms with E-state index in [9.17, 15) is 4.79 Å². The number of rotatable bonds is 2. The van der Waals surface area contributed by atoms with E-state index in [1.807, 2.05) is 6.20 Å². The quantitative estimate of drug-likeness (QED) is 0.869. The Bertz CT molecular complexity index is 382. The van der Waals surface area contributed by atoms with E-state index < -0.39 is 0 Å². The number of halogens is 1. The van der Waals surface area contributed by atoms with Crippen molar-refractivity contribution in [2.75, 3.05) is 0 Å². The van der Waals surface area contributed by atoms with Crippen LogP contribution in [0.2, 0.25) is 0 Å². The maximum absolute atomic E-state index is 11.4. The van der Waals surface area contributed by atoms with Crippen molar-refractivity contribution in [2.45, 2.75) is 25.4 Å². The number of hydrogen-bond acceptors (Lipinski definition) is 2. The van der Waals surface area contributed by atoms with Crippen LogP contribution in [0.1, 0.15) is 12.8 Å². The summed E-state index contributed by atoms with van der Waals surface area (Å²) in [5.74, 6) is 0.581. The Morgan fingerprint density at radius 1 is 1.50 bits per heavy atom. The van der Waals surface area contributed by atoms with E-state index in [1.165, 1.54) is 0 Å². The van der Waals surface area contributed by atoms with Gasteiger partial charge in [-0.1, -0.05) is 0 Å². The van der Waals surface area contributed by atoms with Crippen LogP contribution in [0.4, 0.5) is 0 Å². The number of aromatic nitrogens is 1. The molecule has 1 aromatic rings. The highest BCUT2D eigenvalue weighted by atomic mass is 79.9. The fraction of sp³-hybridized carbons (Fsp3) is 0.500. The summed E-state index contributed by atoms with van der Waals surface area (Å²) < 4.78 is 2.70. The molecule has 0 radical (unpaired) electrons. The van der Waals surface area contributed by atoms with Crippen molar-refractivity contribution in [3.05, 3.63) is 33.2 Å². The van der Waals surface area contributed by atoms with Gasteiger partial charge in [0.05, 0.1) is 0 Å². The molecule has 1 saturated carbocycles. The van der Waals surface area contributed by atoms with Gasteiger partial charge in [-0.2, -0.15) is 0 Å². The summed E-state index contributed by atoms with van der Waals surface area (Å²) >= 11 is 3.35. The average Bonchev–Trinajstić information content (AvgIpc) is 2.09. The predicted octanol–water partition coefficient (Wildman–Crippen LogP) is 1.35. The van der Waals surface area contributed by atoms with Crippen molar-refractivity contribution >= 4 is 15.9 Å². The van der Waals surface area contributed by atoms with Crippen LogP contribution in [-0.4, -0.2) is 10.6 Å². The van der Waals surface area contributed by atoms with Gasteiger partial charge in [0.2, 0.25) is 0 Å². The molecule has 0 aliphatic heterocycles. The van der Waals surface area contributed by atoms with E-state index in [4.69, 9.17) is 5.73 Å². The lowest BCUT2D eigenvalue weighted by molar-refractivity contribution is 0.232. The van der Waals surface area contributed by atoms with Crippen molar-refractivity contribution in [3.63, 3.8) is 0 Å². The smallest absolute Gasteiger partial charge is 0.250 e. The molecule has 76 valence electrons. The molecule has 0 amide bonds. The summed E-state index contributed by atoms with van der Waals surface area (Å²) in [6, 6.07) is 3.71. The minimum Gasteiger partial charge on any atom is -0.328 e. The molecule has 1 aliphatic rings. The Kier molecular flexibility index (Phi) is 2.74. The summed E-state index contributed by atoms with van der Waals surface area (Å²) in [6.45, 7) is 0.798. The van der Waals surface area contributed by atoms with Gasteiger partial charge in [-0.3, -0.25) is 4.79 Å². The maximum atomic E-state index is 11.4. The predicted molar refractivity (Wildman–Crippen MR) is 59.1 cm³/mol. The second-order valence-corrected chi connectivity index (χ2v) is 4.85. The number of pyridine rings is 1. The highest BCUT2D eigenvalue weighted by molar-refractivity contribution is 9.10. The topological polar surface area (TPSA) is 48.0 Å². The molecule has 0 saturated heterocycles. The van der Waals surface area contributed by atoms with E-state index in [2.05, 4.69) is 15.9 Å². The zero-order valence-electron chi connectivity index (χ0n) is 7.82. The number of nitrogens with zero attached hydrogens (tertiary/aromatic N) is 1. The lowest BCUT2D eigenvalue weighted by Crippen LogP contribution is -2.39. The second kappa shape index (κ2) is 3.87. The van der Waals surface area contributed by atoms with Gasteiger partial charge in [0.15, 0.2) is 0 Å². The SMILES string of the molecule is NC1CC(Cn2cc(Br)ccc2=O)C1. The number of hydrogen-bond donors (Lipinski definition) is 1. The molecule has 3 nitrogen and oxygen atoms in total. The lowest BCUT2D eigenvalue weighted by atomic mass is 9.81. The van der Waals surface area contributed by atoms with Crippen molar-refractivity contribution in [1.82, 2.24) is 4.57 Å². The Morgan fingerprint density at radius 3 is 2.86 bits per heavy atom. The third kappa shape index (κ3) is 2.07. The fourth-order valence-corrected chi connectivity index (χ4v) is 2.24. The van der Waals surface area contributed by atoms with Crippen LogP contribution in [0.5, 0.6) is 0 Å². The zero-order chi connectivity index (χ0) is 10.1. The molecule has 1 fully saturated rings. The monoisotopic (exact) mass is 256 g/mol. The van der Waals surface area contributed by atoms with Crippen molar-refractivity contribution < 1.29 is 0 Å². The van der Waals surface area contributed by atoms with Gasteiger partial charge in [0, 0.05) is 29.3 Å². The Morgan fingerprint density at radius 2 is 2.21 bits per heavy atom. The molecule has 0 spiro atoms. The van der Waals surface area contributed by atoms with Crippen LogP contribution in [0.15, 0.2) is 27.6 Å². The van der Waals surface area contributed by atoms with Crippen LogP contribution in [0.3, 0.4) is 0 Å². The van der Waals surface area contributed by atoms with Crippen LogP contribution in [0, 0.1) is 5.92 Å². The number of nitrogens with two attached hydrogens (primary N) is 1. The van der Waals surface area contributed by atoms with E-state index in [0.717, 1.165) is 23.9 Å². The molecule has 14 heavy (non-hydrogen) atoms. The molecule has 2 N–H and O–H groups in total. The van der Waals surface area contributed by atoms with Gasteiger partial charge < -0.3 is 10.3 Å². The summed E-state index contributed by atoms with van der Waals surface area (Å²) in [7, 11) is 0. The summed E-state index contributed by atoms with van der Waals surface area (Å²) in [4.78, 5) is 11.4. The third-order valence-electron chi connectivity index (χ3n) is 2.67. The first-order valence-corrected chi connectivity index (χ1v) is 5.56. The first-order valence-electron chi connectivity index (χ1n) is 4.77. The van der Waals surface area contributed by atoms with E-state index in [0.29, 0.717) is 12.0 Å². The lowest BCUT2D eigenvalue weighted by Gasteiger charge is -2.32. The second-order valence-electron chi connectivity index (χ2n) is 3.94. The van der Waals surface area contributed by atoms with E-state index >= 15 is 0 Å². The minimum atomic E-state index is 0.0636. The molecular formula is C10H13BrN2O. The van der Waals surface area contributed by atoms with Gasteiger partial charge in [-0.25, -0.2) is 0 Å². The van der Waals surface area contributed by atoms with Crippen LogP contribution in [0.25, 0.3) is 0 Å². The van der Waals surface area contributed by atoms with Crippen LogP contribution in [-0.2, 0) is 6.54 Å². The molecule has 0 unspecified atom stereocenters.